The maximum absolute atomic E-state index is 9.28. The summed E-state index contributed by atoms with van der Waals surface area (Å²) < 4.78 is 4.94. The van der Waals surface area contributed by atoms with Crippen molar-refractivity contribution in [3.05, 3.63) is 23.8 Å². The minimum Gasteiger partial charge on any atom is -0.504 e. The lowest BCUT2D eigenvalue weighted by Crippen LogP contribution is -2.04. The molecule has 0 saturated carbocycles. The van der Waals surface area contributed by atoms with Crippen molar-refractivity contribution in [3.63, 3.8) is 0 Å². The van der Waals surface area contributed by atoms with E-state index in [1.807, 2.05) is 0 Å². The van der Waals surface area contributed by atoms with Gasteiger partial charge in [0.1, 0.15) is 0 Å². The molecule has 13 heavy (non-hydrogen) atoms. The molecule has 0 unspecified atom stereocenters. The highest BCUT2D eigenvalue weighted by Gasteiger charge is 2.04. The molecule has 1 aromatic carbocycles. The zero-order valence-corrected chi connectivity index (χ0v) is 7.82. The predicted octanol–water partition coefficient (Wildman–Crippen LogP) is 1.32. The van der Waals surface area contributed by atoms with Crippen LogP contribution in [0.5, 0.6) is 11.5 Å². The molecule has 1 atom stereocenters. The second kappa shape index (κ2) is 4.14. The number of hydrogen-bond acceptors (Lipinski definition) is 3. The zero-order valence-electron chi connectivity index (χ0n) is 7.82. The van der Waals surface area contributed by atoms with Gasteiger partial charge < -0.3 is 14.9 Å². The highest BCUT2D eigenvalue weighted by Crippen LogP contribution is 2.26. The summed E-state index contributed by atoms with van der Waals surface area (Å²) in [6.45, 7) is 1.72. The minimum atomic E-state index is -0.380. The molecule has 0 bridgehead atoms. The van der Waals surface area contributed by atoms with Gasteiger partial charge in [0.2, 0.25) is 0 Å². The molecular formula is C10H14O3. The highest BCUT2D eigenvalue weighted by molar-refractivity contribution is 5.41. The third-order valence-corrected chi connectivity index (χ3v) is 1.78. The van der Waals surface area contributed by atoms with Crippen molar-refractivity contribution in [2.24, 2.45) is 0 Å². The number of aliphatic hydroxyl groups excluding tert-OH is 1. The Morgan fingerprint density at radius 1 is 1.46 bits per heavy atom. The first-order chi connectivity index (χ1) is 6.13. The normalized spacial score (nSPS) is 12.5. The number of phenolic OH excluding ortho intramolecular Hbond substituents is 1. The number of phenols is 1. The van der Waals surface area contributed by atoms with E-state index in [9.17, 15) is 5.11 Å². The molecule has 3 heteroatoms. The van der Waals surface area contributed by atoms with Gasteiger partial charge in [0.15, 0.2) is 11.5 Å². The van der Waals surface area contributed by atoms with E-state index in [0.717, 1.165) is 5.56 Å². The number of methoxy groups -OCH3 is 1. The third kappa shape index (κ3) is 2.63. The summed E-state index contributed by atoms with van der Waals surface area (Å²) in [5.74, 6) is 0.565. The molecule has 0 aliphatic rings. The summed E-state index contributed by atoms with van der Waals surface area (Å²) in [4.78, 5) is 0. The van der Waals surface area contributed by atoms with Crippen LogP contribution in [0.2, 0.25) is 0 Å². The molecule has 0 fully saturated rings. The van der Waals surface area contributed by atoms with Crippen molar-refractivity contribution in [3.8, 4) is 11.5 Å². The second-order valence-electron chi connectivity index (χ2n) is 3.06. The van der Waals surface area contributed by atoms with E-state index in [-0.39, 0.29) is 11.9 Å². The van der Waals surface area contributed by atoms with E-state index in [1.54, 1.807) is 25.1 Å². The lowest BCUT2D eigenvalue weighted by Gasteiger charge is -2.07. The van der Waals surface area contributed by atoms with E-state index < -0.39 is 0 Å². The topological polar surface area (TPSA) is 49.7 Å². The fraction of sp³-hybridized carbons (Fsp3) is 0.400. The Kier molecular flexibility index (Phi) is 3.14. The molecule has 0 radical (unpaired) electrons. The molecule has 1 rings (SSSR count). The summed E-state index contributed by atoms with van der Waals surface area (Å²) >= 11 is 0. The van der Waals surface area contributed by atoms with Crippen LogP contribution < -0.4 is 4.74 Å². The number of benzene rings is 1. The molecule has 0 amide bonds. The number of rotatable bonds is 3. The van der Waals surface area contributed by atoms with Gasteiger partial charge in [-0.3, -0.25) is 0 Å². The SMILES string of the molecule is COc1cc(C[C@H](C)O)ccc1O. The van der Waals surface area contributed by atoms with Gasteiger partial charge in [0, 0.05) is 0 Å². The predicted molar refractivity (Wildman–Crippen MR) is 50.0 cm³/mol. The standard InChI is InChI=1S/C10H14O3/c1-7(11)5-8-3-4-9(12)10(6-8)13-2/h3-4,6-7,11-12H,5H2,1-2H3/t7-/m0/s1. The van der Waals surface area contributed by atoms with E-state index in [4.69, 9.17) is 9.84 Å². The molecule has 3 nitrogen and oxygen atoms in total. The smallest absolute Gasteiger partial charge is 0.160 e. The summed E-state index contributed by atoms with van der Waals surface area (Å²) in [7, 11) is 1.50. The molecule has 1 aromatic rings. The van der Waals surface area contributed by atoms with Crippen LogP contribution in [0.4, 0.5) is 0 Å². The molecule has 72 valence electrons. The van der Waals surface area contributed by atoms with E-state index in [1.165, 1.54) is 7.11 Å². The monoisotopic (exact) mass is 182 g/mol. The molecule has 0 aliphatic heterocycles. The molecular weight excluding hydrogens is 168 g/mol. The van der Waals surface area contributed by atoms with Crippen molar-refractivity contribution >= 4 is 0 Å². The van der Waals surface area contributed by atoms with E-state index >= 15 is 0 Å². The van der Waals surface area contributed by atoms with Crippen LogP contribution in [0, 0.1) is 0 Å². The van der Waals surface area contributed by atoms with Gasteiger partial charge in [-0.15, -0.1) is 0 Å². The average molecular weight is 182 g/mol. The van der Waals surface area contributed by atoms with Crippen molar-refractivity contribution in [1.82, 2.24) is 0 Å². The summed E-state index contributed by atoms with van der Waals surface area (Å²) in [6.07, 6.45) is 0.186. The van der Waals surface area contributed by atoms with Crippen LogP contribution >= 0.6 is 0 Å². The number of aliphatic hydroxyl groups is 1. The Balaban J connectivity index is 2.86. The summed E-state index contributed by atoms with van der Waals surface area (Å²) in [6, 6.07) is 5.06. The maximum atomic E-state index is 9.28. The summed E-state index contributed by atoms with van der Waals surface area (Å²) in [5, 5.41) is 18.4. The maximum Gasteiger partial charge on any atom is 0.160 e. The fourth-order valence-electron chi connectivity index (χ4n) is 1.19. The van der Waals surface area contributed by atoms with Crippen molar-refractivity contribution < 1.29 is 14.9 Å². The Hall–Kier alpha value is -1.22. The zero-order chi connectivity index (χ0) is 9.84. The van der Waals surface area contributed by atoms with Gasteiger partial charge >= 0.3 is 0 Å². The first-order valence-electron chi connectivity index (χ1n) is 4.17. The molecule has 0 aromatic heterocycles. The van der Waals surface area contributed by atoms with Crippen molar-refractivity contribution in [2.45, 2.75) is 19.4 Å². The van der Waals surface area contributed by atoms with Crippen LogP contribution in [-0.4, -0.2) is 23.4 Å². The fourth-order valence-corrected chi connectivity index (χ4v) is 1.19. The third-order valence-electron chi connectivity index (χ3n) is 1.78. The molecule has 0 saturated heterocycles. The summed E-state index contributed by atoms with van der Waals surface area (Å²) in [5.41, 5.74) is 0.949. The largest absolute Gasteiger partial charge is 0.504 e. The van der Waals surface area contributed by atoms with E-state index in [0.29, 0.717) is 12.2 Å². The molecule has 0 heterocycles. The van der Waals surface area contributed by atoms with Crippen LogP contribution in [0.25, 0.3) is 0 Å². The van der Waals surface area contributed by atoms with Gasteiger partial charge in [0.05, 0.1) is 13.2 Å². The van der Waals surface area contributed by atoms with Gasteiger partial charge in [-0.2, -0.15) is 0 Å². The van der Waals surface area contributed by atoms with Crippen LogP contribution in [0.1, 0.15) is 12.5 Å². The lowest BCUT2D eigenvalue weighted by atomic mass is 10.1. The minimum absolute atomic E-state index is 0.122. The average Bonchev–Trinajstić information content (AvgIpc) is 2.07. The van der Waals surface area contributed by atoms with Gasteiger partial charge in [0.25, 0.3) is 0 Å². The number of aromatic hydroxyl groups is 1. The molecule has 0 aliphatic carbocycles. The Labute approximate surface area is 77.6 Å². The van der Waals surface area contributed by atoms with Crippen LogP contribution in [-0.2, 0) is 6.42 Å². The highest BCUT2D eigenvalue weighted by atomic mass is 16.5. The van der Waals surface area contributed by atoms with Crippen LogP contribution in [0.15, 0.2) is 18.2 Å². The van der Waals surface area contributed by atoms with Gasteiger partial charge in [-0.25, -0.2) is 0 Å². The van der Waals surface area contributed by atoms with Crippen molar-refractivity contribution in [1.29, 1.82) is 0 Å². The number of hydrogen-bond donors (Lipinski definition) is 2. The first-order valence-corrected chi connectivity index (χ1v) is 4.17. The van der Waals surface area contributed by atoms with Gasteiger partial charge in [-0.1, -0.05) is 6.07 Å². The number of ether oxygens (including phenoxy) is 1. The molecule has 2 N–H and O–H groups in total. The lowest BCUT2D eigenvalue weighted by molar-refractivity contribution is 0.195. The van der Waals surface area contributed by atoms with Gasteiger partial charge in [-0.05, 0) is 31.0 Å². The molecule has 0 spiro atoms. The Morgan fingerprint density at radius 2 is 2.15 bits per heavy atom. The second-order valence-corrected chi connectivity index (χ2v) is 3.06. The van der Waals surface area contributed by atoms with E-state index in [2.05, 4.69) is 0 Å². The van der Waals surface area contributed by atoms with Crippen LogP contribution in [0.3, 0.4) is 0 Å². The first kappa shape index (κ1) is 9.86. The quantitative estimate of drug-likeness (QED) is 0.741. The Morgan fingerprint density at radius 3 is 2.69 bits per heavy atom. The Bertz CT molecular complexity index is 281. The van der Waals surface area contributed by atoms with Crippen molar-refractivity contribution in [2.75, 3.05) is 7.11 Å².